The first kappa shape index (κ1) is 17.0. The lowest BCUT2D eigenvalue weighted by atomic mass is 10.1. The highest BCUT2D eigenvalue weighted by Crippen LogP contribution is 2.15. The van der Waals surface area contributed by atoms with E-state index in [-0.39, 0.29) is 12.1 Å². The van der Waals surface area contributed by atoms with Gasteiger partial charge in [0.2, 0.25) is 0 Å². The van der Waals surface area contributed by atoms with Crippen LogP contribution in [0.25, 0.3) is 0 Å². The van der Waals surface area contributed by atoms with Crippen LogP contribution < -0.4 is 4.74 Å². The summed E-state index contributed by atoms with van der Waals surface area (Å²) in [6.45, 7) is 4.13. The average Bonchev–Trinajstić information content (AvgIpc) is 2.47. The number of nitrogens with zero attached hydrogens (tertiary/aromatic N) is 1. The van der Waals surface area contributed by atoms with Crippen molar-refractivity contribution in [2.75, 3.05) is 13.7 Å². The van der Waals surface area contributed by atoms with Gasteiger partial charge in [0.05, 0.1) is 25.7 Å². The van der Waals surface area contributed by atoms with Crippen molar-refractivity contribution in [1.29, 1.82) is 5.26 Å². The highest BCUT2D eigenvalue weighted by molar-refractivity contribution is 5.75. The Hall–Kier alpha value is -2.06. The maximum atomic E-state index is 11.7. The van der Waals surface area contributed by atoms with Gasteiger partial charge in [0.1, 0.15) is 12.4 Å². The molecule has 0 heterocycles. The molecule has 1 atom stereocenters. The van der Waals surface area contributed by atoms with Gasteiger partial charge in [-0.15, -0.1) is 0 Å². The van der Waals surface area contributed by atoms with Gasteiger partial charge in [-0.3, -0.25) is 0 Å². The van der Waals surface area contributed by atoms with Crippen LogP contribution in [0.15, 0.2) is 24.3 Å². The van der Waals surface area contributed by atoms with Crippen LogP contribution >= 0.6 is 0 Å². The van der Waals surface area contributed by atoms with Crippen molar-refractivity contribution >= 4 is 5.97 Å². The molecule has 1 rings (SSSR count). The number of rotatable bonds is 8. The molecule has 0 aliphatic rings. The molecule has 114 valence electrons. The van der Waals surface area contributed by atoms with E-state index >= 15 is 0 Å². The normalized spacial score (nSPS) is 11.8. The Balaban J connectivity index is 2.63. The predicted molar refractivity (Wildman–Crippen MR) is 77.9 cm³/mol. The van der Waals surface area contributed by atoms with Gasteiger partial charge >= 0.3 is 5.97 Å². The van der Waals surface area contributed by atoms with Crippen molar-refractivity contribution in [2.45, 2.75) is 38.9 Å². The van der Waals surface area contributed by atoms with E-state index in [2.05, 4.69) is 0 Å². The Morgan fingerprint density at radius 1 is 1.29 bits per heavy atom. The molecular weight excluding hydrogens is 270 g/mol. The van der Waals surface area contributed by atoms with Gasteiger partial charge in [-0.1, -0.05) is 12.1 Å². The molecule has 21 heavy (non-hydrogen) atoms. The number of hydrogen-bond acceptors (Lipinski definition) is 5. The topological polar surface area (TPSA) is 68.5 Å². The number of carbonyl (C=O) groups is 1. The van der Waals surface area contributed by atoms with E-state index in [4.69, 9.17) is 19.5 Å². The molecule has 5 heteroatoms. The largest absolute Gasteiger partial charge is 0.493 e. The number of benzene rings is 1. The Morgan fingerprint density at radius 3 is 2.48 bits per heavy atom. The van der Waals surface area contributed by atoms with E-state index in [1.165, 1.54) is 7.11 Å². The second kappa shape index (κ2) is 8.98. The van der Waals surface area contributed by atoms with Crippen LogP contribution in [-0.4, -0.2) is 31.9 Å². The molecule has 5 nitrogen and oxygen atoms in total. The summed E-state index contributed by atoms with van der Waals surface area (Å²) in [4.78, 5) is 11.7. The molecule has 0 fully saturated rings. The number of esters is 1. The van der Waals surface area contributed by atoms with Crippen LogP contribution in [-0.2, 0) is 20.7 Å². The van der Waals surface area contributed by atoms with Crippen molar-refractivity contribution in [3.05, 3.63) is 29.8 Å². The van der Waals surface area contributed by atoms with Gasteiger partial charge < -0.3 is 14.2 Å². The van der Waals surface area contributed by atoms with Gasteiger partial charge in [0, 0.05) is 6.42 Å². The standard InChI is InChI=1S/C16H21NO4/c1-12(2)21-15(16(18)19-3)11-13-5-7-14(8-6-13)20-10-4-9-17/h5-8,12,15H,4,10-11H2,1-3H3. The molecule has 1 unspecified atom stereocenters. The zero-order valence-corrected chi connectivity index (χ0v) is 12.7. The van der Waals surface area contributed by atoms with Crippen molar-refractivity contribution in [3.8, 4) is 11.8 Å². The fraction of sp³-hybridized carbons (Fsp3) is 0.500. The Labute approximate surface area is 125 Å². The molecule has 0 bridgehead atoms. The van der Waals surface area contributed by atoms with Crippen molar-refractivity contribution in [3.63, 3.8) is 0 Å². The first-order chi connectivity index (χ1) is 10.1. The van der Waals surface area contributed by atoms with E-state index in [9.17, 15) is 4.79 Å². The first-order valence-corrected chi connectivity index (χ1v) is 6.88. The minimum Gasteiger partial charge on any atom is -0.493 e. The monoisotopic (exact) mass is 291 g/mol. The zero-order valence-electron chi connectivity index (χ0n) is 12.7. The van der Waals surface area contributed by atoms with Gasteiger partial charge in [0.15, 0.2) is 6.10 Å². The molecule has 0 aromatic heterocycles. The fourth-order valence-corrected chi connectivity index (χ4v) is 1.80. The third kappa shape index (κ3) is 6.28. The molecule has 0 aliphatic carbocycles. The van der Waals surface area contributed by atoms with Crippen molar-refractivity contribution < 1.29 is 19.0 Å². The molecule has 0 radical (unpaired) electrons. The lowest BCUT2D eigenvalue weighted by Gasteiger charge is -2.18. The van der Waals surface area contributed by atoms with Gasteiger partial charge in [-0.25, -0.2) is 4.79 Å². The minimum atomic E-state index is -0.611. The van der Waals surface area contributed by atoms with Gasteiger partial charge in [-0.2, -0.15) is 5.26 Å². The smallest absolute Gasteiger partial charge is 0.335 e. The lowest BCUT2D eigenvalue weighted by Crippen LogP contribution is -2.30. The van der Waals surface area contributed by atoms with Crippen LogP contribution in [0.3, 0.4) is 0 Å². The number of ether oxygens (including phenoxy) is 3. The molecular formula is C16H21NO4. The Bertz CT molecular complexity index is 476. The molecule has 0 saturated carbocycles. The van der Waals surface area contributed by atoms with E-state index in [1.54, 1.807) is 0 Å². The van der Waals surface area contributed by atoms with E-state index in [0.29, 0.717) is 25.2 Å². The van der Waals surface area contributed by atoms with E-state index in [0.717, 1.165) is 5.56 Å². The zero-order chi connectivity index (χ0) is 15.7. The van der Waals surface area contributed by atoms with E-state index < -0.39 is 6.10 Å². The maximum Gasteiger partial charge on any atom is 0.335 e. The molecule has 0 amide bonds. The molecule has 1 aromatic rings. The Morgan fingerprint density at radius 2 is 1.95 bits per heavy atom. The Kier molecular flexibility index (Phi) is 7.27. The maximum absolute atomic E-state index is 11.7. The summed E-state index contributed by atoms with van der Waals surface area (Å²) in [7, 11) is 1.35. The number of methoxy groups -OCH3 is 1. The van der Waals surface area contributed by atoms with Crippen molar-refractivity contribution in [1.82, 2.24) is 0 Å². The predicted octanol–water partition coefficient (Wildman–Crippen LogP) is 2.49. The molecule has 0 aliphatic heterocycles. The quantitative estimate of drug-likeness (QED) is 0.543. The summed E-state index contributed by atoms with van der Waals surface area (Å²) < 4.78 is 15.7. The first-order valence-electron chi connectivity index (χ1n) is 6.88. The summed E-state index contributed by atoms with van der Waals surface area (Å²) in [6.07, 6.45) is 0.139. The second-order valence-corrected chi connectivity index (χ2v) is 4.80. The molecule has 0 saturated heterocycles. The minimum absolute atomic E-state index is 0.0531. The van der Waals surface area contributed by atoms with Crippen LogP contribution in [0.5, 0.6) is 5.75 Å². The molecule has 1 aromatic carbocycles. The summed E-state index contributed by atoms with van der Waals surface area (Å²) in [5.74, 6) is 0.325. The highest BCUT2D eigenvalue weighted by atomic mass is 16.6. The number of hydrogen-bond donors (Lipinski definition) is 0. The number of carbonyl (C=O) groups excluding carboxylic acids is 1. The summed E-state index contributed by atoms with van der Waals surface area (Å²) in [5.41, 5.74) is 0.957. The van der Waals surface area contributed by atoms with Gasteiger partial charge in [0.25, 0.3) is 0 Å². The lowest BCUT2D eigenvalue weighted by molar-refractivity contribution is -0.156. The SMILES string of the molecule is COC(=O)C(Cc1ccc(OCCC#N)cc1)OC(C)C. The second-order valence-electron chi connectivity index (χ2n) is 4.80. The summed E-state index contributed by atoms with van der Waals surface area (Å²) >= 11 is 0. The summed E-state index contributed by atoms with van der Waals surface area (Å²) in [5, 5.41) is 8.45. The van der Waals surface area contributed by atoms with Gasteiger partial charge in [-0.05, 0) is 31.5 Å². The third-order valence-corrected chi connectivity index (χ3v) is 2.73. The number of nitriles is 1. The van der Waals surface area contributed by atoms with E-state index in [1.807, 2.05) is 44.2 Å². The molecule has 0 spiro atoms. The van der Waals surface area contributed by atoms with Crippen LogP contribution in [0.2, 0.25) is 0 Å². The average molecular weight is 291 g/mol. The molecule has 0 N–H and O–H groups in total. The fourth-order valence-electron chi connectivity index (χ4n) is 1.80. The van der Waals surface area contributed by atoms with Crippen molar-refractivity contribution in [2.24, 2.45) is 0 Å². The van der Waals surface area contributed by atoms with Crippen LogP contribution in [0.4, 0.5) is 0 Å². The highest BCUT2D eigenvalue weighted by Gasteiger charge is 2.21. The summed E-state index contributed by atoms with van der Waals surface area (Å²) in [6, 6.07) is 9.40. The third-order valence-electron chi connectivity index (χ3n) is 2.73. The van der Waals surface area contributed by atoms with Crippen LogP contribution in [0.1, 0.15) is 25.8 Å². The van der Waals surface area contributed by atoms with Crippen LogP contribution in [0, 0.1) is 11.3 Å².